The number of anilines is 1. The fraction of sp³-hybridized carbons (Fsp3) is 0.538. The Hall–Kier alpha value is -2.24. The molecule has 0 radical (unpaired) electrons. The number of benzene rings is 1. The van der Waals surface area contributed by atoms with Crippen molar-refractivity contribution in [3.05, 3.63) is 41.0 Å². The number of aliphatic hydroxyl groups excluding tert-OH is 1. The highest BCUT2D eigenvalue weighted by atomic mass is 35.5. The Morgan fingerprint density at radius 3 is 2.59 bits per heavy atom. The lowest BCUT2D eigenvalue weighted by Gasteiger charge is -2.20. The van der Waals surface area contributed by atoms with Crippen molar-refractivity contribution in [2.45, 2.75) is 30.8 Å². The first kappa shape index (κ1) is 23.8. The Kier molecular flexibility index (Phi) is 5.74. The fourth-order valence-corrected chi connectivity index (χ4v) is 9.08. The molecule has 7 rings (SSSR count). The molecule has 1 aromatic carbocycles. The molecule has 4 fully saturated rings. The minimum absolute atomic E-state index is 0.261. The largest absolute Gasteiger partial charge is 0.472 e. The zero-order valence-corrected chi connectivity index (χ0v) is 22.0. The summed E-state index contributed by atoms with van der Waals surface area (Å²) in [5.74, 6) is 2.90. The summed E-state index contributed by atoms with van der Waals surface area (Å²) in [6, 6.07) is 10.2. The van der Waals surface area contributed by atoms with Gasteiger partial charge < -0.3 is 24.2 Å². The lowest BCUT2D eigenvalue weighted by molar-refractivity contribution is 0.00558. The Morgan fingerprint density at radius 2 is 1.86 bits per heavy atom. The van der Waals surface area contributed by atoms with Crippen molar-refractivity contribution >= 4 is 38.6 Å². The molecule has 0 spiro atoms. The molecule has 9 nitrogen and oxygen atoms in total. The van der Waals surface area contributed by atoms with Crippen molar-refractivity contribution in [2.24, 2.45) is 21.2 Å². The van der Waals surface area contributed by atoms with Gasteiger partial charge in [0, 0.05) is 52.6 Å². The summed E-state index contributed by atoms with van der Waals surface area (Å²) in [6.45, 7) is 2.47. The number of rotatable bonds is 3. The number of hydrogen-bond donors (Lipinski definition) is 1. The summed E-state index contributed by atoms with van der Waals surface area (Å²) in [6.07, 6.45) is -1.07. The van der Waals surface area contributed by atoms with Crippen molar-refractivity contribution in [1.82, 2.24) is 4.98 Å². The van der Waals surface area contributed by atoms with E-state index in [1.807, 2.05) is 6.07 Å². The molecule has 0 amide bonds. The number of aliphatic imine (C=N–C) groups is 1. The molecule has 5 aliphatic heterocycles. The lowest BCUT2D eigenvalue weighted by Crippen LogP contribution is -2.34. The molecule has 6 heterocycles. The van der Waals surface area contributed by atoms with Gasteiger partial charge in [0.15, 0.2) is 12.0 Å². The van der Waals surface area contributed by atoms with E-state index in [-0.39, 0.29) is 24.9 Å². The summed E-state index contributed by atoms with van der Waals surface area (Å²) in [7, 11) is -0.303. The second kappa shape index (κ2) is 8.91. The Morgan fingerprint density at radius 1 is 1.14 bits per heavy atom. The number of pyridine rings is 1. The molecule has 1 N–H and O–H groups in total. The Bertz CT molecular complexity index is 1370. The Balaban J connectivity index is 1.03. The minimum Gasteiger partial charge on any atom is -0.472 e. The maximum Gasteiger partial charge on any atom is 0.195 e. The molecule has 37 heavy (non-hydrogen) atoms. The van der Waals surface area contributed by atoms with Crippen LogP contribution in [-0.4, -0.2) is 89.5 Å². The second-order valence-corrected chi connectivity index (χ2v) is 13.5. The van der Waals surface area contributed by atoms with Crippen LogP contribution in [0.25, 0.3) is 11.3 Å². The molecular formula is C26H29ClN4O5S. The van der Waals surface area contributed by atoms with Crippen molar-refractivity contribution in [3.63, 3.8) is 0 Å². The third kappa shape index (κ3) is 4.13. The first-order valence-electron chi connectivity index (χ1n) is 12.7. The van der Waals surface area contributed by atoms with Crippen LogP contribution in [0.3, 0.4) is 0 Å². The van der Waals surface area contributed by atoms with E-state index in [4.69, 9.17) is 30.8 Å². The predicted octanol–water partition coefficient (Wildman–Crippen LogP) is 2.70. The van der Waals surface area contributed by atoms with Gasteiger partial charge in [-0.3, -0.25) is 0 Å². The molecule has 6 atom stereocenters. The molecule has 0 aliphatic carbocycles. The summed E-state index contributed by atoms with van der Waals surface area (Å²) in [5.41, 5.74) is 4.35. The van der Waals surface area contributed by atoms with Crippen molar-refractivity contribution in [2.75, 3.05) is 49.8 Å². The number of aromatic nitrogens is 1. The highest BCUT2D eigenvalue weighted by Crippen LogP contribution is 2.39. The summed E-state index contributed by atoms with van der Waals surface area (Å²) in [4.78, 5) is 11.8. The van der Waals surface area contributed by atoms with Gasteiger partial charge in [-0.05, 0) is 30.0 Å². The molecule has 11 heteroatoms. The lowest BCUT2D eigenvalue weighted by atomic mass is 10.0. The van der Waals surface area contributed by atoms with Gasteiger partial charge >= 0.3 is 0 Å². The molecule has 4 saturated heterocycles. The maximum atomic E-state index is 12.6. The van der Waals surface area contributed by atoms with E-state index >= 15 is 0 Å². The van der Waals surface area contributed by atoms with E-state index in [0.717, 1.165) is 47.2 Å². The van der Waals surface area contributed by atoms with E-state index in [1.165, 1.54) is 0 Å². The van der Waals surface area contributed by atoms with E-state index in [1.54, 1.807) is 7.05 Å². The topological polar surface area (TPSA) is 106 Å². The molecular weight excluding hydrogens is 516 g/mol. The fourth-order valence-electron chi connectivity index (χ4n) is 6.30. The highest BCUT2D eigenvalue weighted by molar-refractivity contribution is 7.93. The minimum atomic E-state index is -1.99. The molecule has 0 bridgehead atoms. The number of ether oxygens (including phenoxy) is 3. The number of nitrogens with zero attached hydrogens (tertiary/aromatic N) is 4. The van der Waals surface area contributed by atoms with Crippen LogP contribution in [0, 0.1) is 11.8 Å². The first-order valence-corrected chi connectivity index (χ1v) is 14.9. The van der Waals surface area contributed by atoms with Crippen LogP contribution in [0.2, 0.25) is 5.02 Å². The molecule has 2 aromatic rings. The normalized spacial score (nSPS) is 35.9. The molecule has 2 unspecified atom stereocenters. The number of hydrogen-bond acceptors (Lipinski definition) is 9. The second-order valence-electron chi connectivity index (χ2n) is 10.5. The maximum absolute atomic E-state index is 12.6. The Labute approximate surface area is 221 Å². The monoisotopic (exact) mass is 544 g/mol. The van der Waals surface area contributed by atoms with E-state index < -0.39 is 15.8 Å². The van der Waals surface area contributed by atoms with Crippen LogP contribution in [0.1, 0.15) is 5.69 Å². The van der Waals surface area contributed by atoms with Gasteiger partial charge in [-0.1, -0.05) is 23.7 Å². The third-order valence-corrected chi connectivity index (χ3v) is 11.1. The van der Waals surface area contributed by atoms with E-state index in [2.05, 4.69) is 38.5 Å². The molecule has 1 aromatic heterocycles. The van der Waals surface area contributed by atoms with Crippen LogP contribution < -0.4 is 4.90 Å². The zero-order chi connectivity index (χ0) is 25.3. The van der Waals surface area contributed by atoms with Gasteiger partial charge in [-0.15, -0.1) is 0 Å². The smallest absolute Gasteiger partial charge is 0.195 e. The van der Waals surface area contributed by atoms with Crippen molar-refractivity contribution in [1.29, 1.82) is 0 Å². The van der Waals surface area contributed by atoms with Gasteiger partial charge in [0.1, 0.15) is 18.3 Å². The standard InChI is InChI=1S/C26H29ClN4O5S/c1-28-37(33)12-15-8-31(9-16(15)13-37)17-4-2-14(3-5-17)24-18(27)6-19-20(30-24)7-23(29-19)36-22-11-35-25-21(32)10-34-26(22)25/h2-6,15-16,21-22,25-26,32H,7-13H2,1H3/t15?,16?,21-,22-,25-,26-,37?/m1/s1. The SMILES string of the molecule is CN=S1(=O)CC2CN(c3ccc(-c4nc5c(cc4Cl)N=C(O[C@@H]4CO[C@H]6[C@@H]4OC[C@H]6O)C5)cc3)CC2C1. The zero-order valence-electron chi connectivity index (χ0n) is 20.5. The highest BCUT2D eigenvalue weighted by Gasteiger charge is 2.49. The molecule has 5 aliphatic rings. The summed E-state index contributed by atoms with van der Waals surface area (Å²) >= 11 is 6.63. The molecule has 196 valence electrons. The van der Waals surface area contributed by atoms with Gasteiger partial charge in [0.05, 0.1) is 41.7 Å². The van der Waals surface area contributed by atoms with E-state index in [0.29, 0.717) is 41.5 Å². The number of fused-ring (bicyclic) bond motifs is 3. The van der Waals surface area contributed by atoms with Crippen LogP contribution in [0.5, 0.6) is 0 Å². The van der Waals surface area contributed by atoms with Crippen LogP contribution in [0.15, 0.2) is 39.7 Å². The number of aliphatic hydroxyl groups is 1. The van der Waals surface area contributed by atoms with E-state index in [9.17, 15) is 9.32 Å². The average molecular weight is 545 g/mol. The van der Waals surface area contributed by atoms with Crippen molar-refractivity contribution in [3.8, 4) is 11.3 Å². The summed E-state index contributed by atoms with van der Waals surface area (Å²) in [5, 5.41) is 10.5. The summed E-state index contributed by atoms with van der Waals surface area (Å²) < 4.78 is 34.2. The van der Waals surface area contributed by atoms with Gasteiger partial charge in [0.25, 0.3) is 0 Å². The van der Waals surface area contributed by atoms with Crippen LogP contribution in [0.4, 0.5) is 11.4 Å². The molecule has 0 saturated carbocycles. The van der Waals surface area contributed by atoms with Crippen LogP contribution in [-0.2, 0) is 30.4 Å². The number of halogens is 1. The predicted molar refractivity (Wildman–Crippen MR) is 141 cm³/mol. The average Bonchev–Trinajstić information content (AvgIpc) is 3.68. The van der Waals surface area contributed by atoms with Gasteiger partial charge in [-0.2, -0.15) is 0 Å². The quantitative estimate of drug-likeness (QED) is 0.633. The third-order valence-electron chi connectivity index (χ3n) is 8.23. The van der Waals surface area contributed by atoms with Gasteiger partial charge in [0.2, 0.25) is 0 Å². The van der Waals surface area contributed by atoms with Gasteiger partial charge in [-0.25, -0.2) is 18.5 Å². The first-order chi connectivity index (χ1) is 17.9. The van der Waals surface area contributed by atoms with Crippen LogP contribution >= 0.6 is 11.6 Å². The van der Waals surface area contributed by atoms with Crippen molar-refractivity contribution < 1.29 is 23.5 Å².